The largest absolute Gasteiger partial charge is 0.302 e. The van der Waals surface area contributed by atoms with Crippen LogP contribution in [0.1, 0.15) is 68.8 Å². The number of amides is 2. The van der Waals surface area contributed by atoms with Crippen LogP contribution in [0, 0.1) is 5.92 Å². The second kappa shape index (κ2) is 8.43. The lowest BCUT2D eigenvalue weighted by Gasteiger charge is -2.21. The van der Waals surface area contributed by atoms with Crippen LogP contribution in [0.3, 0.4) is 0 Å². The molecule has 2 amide bonds. The Labute approximate surface area is 154 Å². The number of hydrazine groups is 1. The highest BCUT2D eigenvalue weighted by Gasteiger charge is 2.21. The molecule has 0 aromatic heterocycles. The lowest BCUT2D eigenvalue weighted by molar-refractivity contribution is -0.124. The van der Waals surface area contributed by atoms with Crippen LogP contribution >= 0.6 is 12.2 Å². The summed E-state index contributed by atoms with van der Waals surface area (Å²) in [7, 11) is 0. The van der Waals surface area contributed by atoms with Crippen molar-refractivity contribution in [3.05, 3.63) is 35.4 Å². The summed E-state index contributed by atoms with van der Waals surface area (Å²) in [6, 6.07) is 7.44. The molecule has 0 spiro atoms. The zero-order chi connectivity index (χ0) is 18.4. The molecule has 1 fully saturated rings. The SMILES string of the molecule is CC(C)(C)c1ccc(C(=O)NNC(=S)NC(=O)C2CCCCC2)cc1. The second-order valence-corrected chi connectivity index (χ2v) is 7.97. The molecule has 1 aromatic carbocycles. The van der Waals surface area contributed by atoms with E-state index in [1.54, 1.807) is 12.1 Å². The Morgan fingerprint density at radius 2 is 1.60 bits per heavy atom. The van der Waals surface area contributed by atoms with Gasteiger partial charge in [0.25, 0.3) is 5.91 Å². The van der Waals surface area contributed by atoms with Gasteiger partial charge in [0.15, 0.2) is 5.11 Å². The molecule has 1 aromatic rings. The average molecular weight is 362 g/mol. The van der Waals surface area contributed by atoms with Gasteiger partial charge in [-0.3, -0.25) is 20.4 Å². The molecule has 2 rings (SSSR count). The van der Waals surface area contributed by atoms with Crippen molar-refractivity contribution in [3.8, 4) is 0 Å². The number of thiocarbonyl (C=S) groups is 1. The number of carbonyl (C=O) groups is 2. The van der Waals surface area contributed by atoms with Gasteiger partial charge in [-0.15, -0.1) is 0 Å². The maximum absolute atomic E-state index is 12.2. The highest BCUT2D eigenvalue weighted by molar-refractivity contribution is 7.80. The van der Waals surface area contributed by atoms with Crippen molar-refractivity contribution in [2.75, 3.05) is 0 Å². The van der Waals surface area contributed by atoms with Crippen LogP contribution < -0.4 is 16.2 Å². The van der Waals surface area contributed by atoms with E-state index in [9.17, 15) is 9.59 Å². The van der Waals surface area contributed by atoms with Gasteiger partial charge in [0.1, 0.15) is 0 Å². The van der Waals surface area contributed by atoms with Gasteiger partial charge in [0.2, 0.25) is 5.91 Å². The van der Waals surface area contributed by atoms with Crippen LogP contribution in [0.4, 0.5) is 0 Å². The van der Waals surface area contributed by atoms with E-state index < -0.39 is 0 Å². The van der Waals surface area contributed by atoms with Crippen LogP contribution in [-0.4, -0.2) is 16.9 Å². The van der Waals surface area contributed by atoms with Gasteiger partial charge in [-0.25, -0.2) is 0 Å². The van der Waals surface area contributed by atoms with Gasteiger partial charge >= 0.3 is 0 Å². The number of nitrogens with one attached hydrogen (secondary N) is 3. The number of rotatable bonds is 2. The van der Waals surface area contributed by atoms with Crippen LogP contribution in [0.2, 0.25) is 0 Å². The fourth-order valence-electron chi connectivity index (χ4n) is 2.92. The minimum absolute atomic E-state index is 0.0224. The Morgan fingerprint density at radius 1 is 1.00 bits per heavy atom. The highest BCUT2D eigenvalue weighted by atomic mass is 32.1. The third kappa shape index (κ3) is 5.81. The lowest BCUT2D eigenvalue weighted by Crippen LogP contribution is -2.49. The predicted octanol–water partition coefficient (Wildman–Crippen LogP) is 3.20. The standard InChI is InChI=1S/C19H27N3O2S/c1-19(2,3)15-11-9-14(10-12-15)17(24)21-22-18(25)20-16(23)13-7-5-4-6-8-13/h9-13H,4-8H2,1-3H3,(H,21,24)(H2,20,22,23,25). The topological polar surface area (TPSA) is 70.2 Å². The van der Waals surface area contributed by atoms with E-state index in [2.05, 4.69) is 36.9 Å². The predicted molar refractivity (Wildman–Crippen MR) is 103 cm³/mol. The molecular weight excluding hydrogens is 334 g/mol. The van der Waals surface area contributed by atoms with Crippen molar-refractivity contribution >= 4 is 29.1 Å². The Kier molecular flexibility index (Phi) is 6.53. The fraction of sp³-hybridized carbons (Fsp3) is 0.526. The molecule has 25 heavy (non-hydrogen) atoms. The molecule has 0 bridgehead atoms. The molecule has 0 radical (unpaired) electrons. The molecule has 0 aliphatic heterocycles. The third-order valence-corrected chi connectivity index (χ3v) is 4.72. The van der Waals surface area contributed by atoms with Crippen molar-refractivity contribution in [2.24, 2.45) is 5.92 Å². The zero-order valence-electron chi connectivity index (χ0n) is 15.1. The maximum atomic E-state index is 12.2. The minimum atomic E-state index is -0.297. The first-order valence-corrected chi connectivity index (χ1v) is 9.20. The Bertz CT molecular complexity index is 629. The van der Waals surface area contributed by atoms with E-state index in [-0.39, 0.29) is 28.3 Å². The molecule has 5 nitrogen and oxygen atoms in total. The first-order chi connectivity index (χ1) is 11.8. The molecule has 1 aliphatic carbocycles. The van der Waals surface area contributed by atoms with Gasteiger partial charge in [-0.05, 0) is 48.2 Å². The molecular formula is C19H27N3O2S. The lowest BCUT2D eigenvalue weighted by atomic mass is 9.87. The van der Waals surface area contributed by atoms with E-state index in [1.807, 2.05) is 12.1 Å². The maximum Gasteiger partial charge on any atom is 0.269 e. The quantitative estimate of drug-likeness (QED) is 0.559. The van der Waals surface area contributed by atoms with Gasteiger partial charge < -0.3 is 5.32 Å². The summed E-state index contributed by atoms with van der Waals surface area (Å²) in [5, 5.41) is 2.77. The summed E-state index contributed by atoms with van der Waals surface area (Å²) < 4.78 is 0. The molecule has 0 saturated heterocycles. The van der Waals surface area contributed by atoms with Gasteiger partial charge in [0, 0.05) is 11.5 Å². The van der Waals surface area contributed by atoms with E-state index in [4.69, 9.17) is 12.2 Å². The summed E-state index contributed by atoms with van der Waals surface area (Å²) in [5.74, 6) is -0.343. The Balaban J connectivity index is 1.80. The average Bonchev–Trinajstić information content (AvgIpc) is 2.59. The molecule has 0 unspecified atom stereocenters. The van der Waals surface area contributed by atoms with E-state index >= 15 is 0 Å². The summed E-state index contributed by atoms with van der Waals surface area (Å²) in [6.07, 6.45) is 5.16. The monoisotopic (exact) mass is 361 g/mol. The summed E-state index contributed by atoms with van der Waals surface area (Å²) >= 11 is 5.08. The number of carbonyl (C=O) groups excluding carboxylic acids is 2. The molecule has 0 heterocycles. The van der Waals surface area contributed by atoms with Crippen molar-refractivity contribution in [1.82, 2.24) is 16.2 Å². The van der Waals surface area contributed by atoms with E-state index in [0.717, 1.165) is 31.2 Å². The number of benzene rings is 1. The Hall–Kier alpha value is -1.95. The van der Waals surface area contributed by atoms with Crippen LogP contribution in [0.15, 0.2) is 24.3 Å². The Morgan fingerprint density at radius 3 is 2.16 bits per heavy atom. The summed E-state index contributed by atoms with van der Waals surface area (Å²) in [6.45, 7) is 6.37. The number of hydrogen-bond donors (Lipinski definition) is 3. The van der Waals surface area contributed by atoms with E-state index in [0.29, 0.717) is 5.56 Å². The fourth-order valence-corrected chi connectivity index (χ4v) is 3.07. The molecule has 136 valence electrons. The van der Waals surface area contributed by atoms with Crippen molar-refractivity contribution < 1.29 is 9.59 Å². The third-order valence-electron chi connectivity index (χ3n) is 4.52. The van der Waals surface area contributed by atoms with Crippen molar-refractivity contribution in [2.45, 2.75) is 58.3 Å². The van der Waals surface area contributed by atoms with Crippen LogP contribution in [0.5, 0.6) is 0 Å². The first-order valence-electron chi connectivity index (χ1n) is 8.79. The highest BCUT2D eigenvalue weighted by Crippen LogP contribution is 2.23. The molecule has 1 aliphatic rings. The molecule has 6 heteroatoms. The minimum Gasteiger partial charge on any atom is -0.302 e. The molecule has 1 saturated carbocycles. The van der Waals surface area contributed by atoms with Crippen molar-refractivity contribution in [3.63, 3.8) is 0 Å². The van der Waals surface area contributed by atoms with Crippen LogP contribution in [0.25, 0.3) is 0 Å². The normalized spacial score (nSPS) is 15.3. The first kappa shape index (κ1) is 19.4. The smallest absolute Gasteiger partial charge is 0.269 e. The zero-order valence-corrected chi connectivity index (χ0v) is 16.0. The van der Waals surface area contributed by atoms with E-state index in [1.165, 1.54) is 6.42 Å². The summed E-state index contributed by atoms with van der Waals surface area (Å²) in [4.78, 5) is 24.3. The molecule has 0 atom stereocenters. The number of hydrogen-bond acceptors (Lipinski definition) is 3. The summed E-state index contributed by atoms with van der Waals surface area (Å²) in [5.41, 5.74) is 6.85. The van der Waals surface area contributed by atoms with Crippen LogP contribution in [-0.2, 0) is 10.2 Å². The van der Waals surface area contributed by atoms with Gasteiger partial charge in [0.05, 0.1) is 0 Å². The van der Waals surface area contributed by atoms with Gasteiger partial charge in [-0.1, -0.05) is 52.2 Å². The molecule has 3 N–H and O–H groups in total. The van der Waals surface area contributed by atoms with Crippen molar-refractivity contribution in [1.29, 1.82) is 0 Å². The second-order valence-electron chi connectivity index (χ2n) is 7.56. The van der Waals surface area contributed by atoms with Gasteiger partial charge in [-0.2, -0.15) is 0 Å².